The molecular weight excluding hydrogens is 406 g/mol. The van der Waals surface area contributed by atoms with Gasteiger partial charge in [0, 0.05) is 17.3 Å². The predicted molar refractivity (Wildman–Crippen MR) is 91.0 cm³/mol. The monoisotopic (exact) mass is 417 g/mol. The fourth-order valence-corrected chi connectivity index (χ4v) is 4.16. The maximum absolute atomic E-state index is 12.7. The van der Waals surface area contributed by atoms with E-state index in [-0.39, 0.29) is 10.9 Å². The van der Waals surface area contributed by atoms with E-state index in [9.17, 15) is 13.2 Å². The molecule has 0 radical (unpaired) electrons. The second kappa shape index (κ2) is 5.96. The Balaban J connectivity index is 2.01. The number of halogens is 2. The molecule has 0 N–H and O–H groups in total. The first-order chi connectivity index (χ1) is 10.8. The molecule has 122 valence electrons. The van der Waals surface area contributed by atoms with Crippen molar-refractivity contribution < 1.29 is 17.6 Å². The van der Waals surface area contributed by atoms with Gasteiger partial charge in [-0.15, -0.1) is 0 Å². The van der Waals surface area contributed by atoms with E-state index in [2.05, 4.69) is 15.9 Å². The summed E-state index contributed by atoms with van der Waals surface area (Å²) in [6.07, 6.45) is 2.65. The molecule has 2 heterocycles. The van der Waals surface area contributed by atoms with Gasteiger partial charge in [-0.05, 0) is 42.7 Å². The van der Waals surface area contributed by atoms with E-state index in [1.54, 1.807) is 11.0 Å². The summed E-state index contributed by atoms with van der Waals surface area (Å²) in [5.41, 5.74) is 1.63. The molecule has 23 heavy (non-hydrogen) atoms. The maximum Gasteiger partial charge on any atom is 0.294 e. The van der Waals surface area contributed by atoms with Crippen molar-refractivity contribution in [1.82, 2.24) is 0 Å². The minimum atomic E-state index is -3.49. The van der Waals surface area contributed by atoms with E-state index in [1.165, 1.54) is 12.1 Å². The summed E-state index contributed by atoms with van der Waals surface area (Å²) in [5.74, 6) is -0.415. The first-order valence-corrected chi connectivity index (χ1v) is 9.93. The molecule has 2 aromatic rings. The van der Waals surface area contributed by atoms with Crippen LogP contribution in [0.3, 0.4) is 0 Å². The molecule has 8 heteroatoms. The van der Waals surface area contributed by atoms with E-state index in [4.69, 9.17) is 16.0 Å². The highest BCUT2D eigenvalue weighted by atomic mass is 79.9. The van der Waals surface area contributed by atoms with Crippen LogP contribution in [0.1, 0.15) is 22.5 Å². The second-order valence-corrected chi connectivity index (χ2v) is 8.62. The van der Waals surface area contributed by atoms with Crippen LogP contribution in [0.25, 0.3) is 0 Å². The molecule has 3 rings (SSSR count). The molecule has 1 aromatic heterocycles. The Morgan fingerprint density at radius 1 is 1.35 bits per heavy atom. The van der Waals surface area contributed by atoms with Crippen molar-refractivity contribution in [2.75, 3.05) is 17.7 Å². The number of amides is 1. The van der Waals surface area contributed by atoms with Crippen molar-refractivity contribution in [2.45, 2.75) is 17.9 Å². The standard InChI is InChI=1S/C15H13BrClNO4S/c1-23(20,21)13-5-4-12(22-13)15(19)18-6-2-3-9-7-10(16)8-11(17)14(9)18/h4-5,7-8H,2-3,6H2,1H3. The lowest BCUT2D eigenvalue weighted by atomic mass is 10.0. The third kappa shape index (κ3) is 3.18. The summed E-state index contributed by atoms with van der Waals surface area (Å²) in [6, 6.07) is 6.33. The van der Waals surface area contributed by atoms with Gasteiger partial charge < -0.3 is 9.32 Å². The fourth-order valence-electron chi connectivity index (χ4n) is 2.62. The molecule has 1 aromatic carbocycles. The lowest BCUT2D eigenvalue weighted by molar-refractivity contribution is 0.0953. The van der Waals surface area contributed by atoms with Crippen molar-refractivity contribution in [1.29, 1.82) is 0 Å². The van der Waals surface area contributed by atoms with E-state index in [0.717, 1.165) is 29.1 Å². The third-order valence-corrected chi connectivity index (χ3v) is 5.30. The largest absolute Gasteiger partial charge is 0.440 e. The van der Waals surface area contributed by atoms with Crippen molar-refractivity contribution in [3.63, 3.8) is 0 Å². The number of sulfone groups is 1. The number of aryl methyl sites for hydroxylation is 1. The predicted octanol–water partition coefficient (Wildman–Crippen LogP) is 3.69. The van der Waals surface area contributed by atoms with Crippen LogP contribution >= 0.6 is 27.5 Å². The summed E-state index contributed by atoms with van der Waals surface area (Å²) < 4.78 is 29.0. The topological polar surface area (TPSA) is 67.6 Å². The van der Waals surface area contributed by atoms with Crippen molar-refractivity contribution in [3.05, 3.63) is 45.1 Å². The van der Waals surface area contributed by atoms with Crippen LogP contribution in [0.2, 0.25) is 5.02 Å². The zero-order valence-corrected chi connectivity index (χ0v) is 15.3. The van der Waals surface area contributed by atoms with E-state index in [0.29, 0.717) is 17.3 Å². The van der Waals surface area contributed by atoms with Gasteiger partial charge in [-0.2, -0.15) is 0 Å². The lowest BCUT2D eigenvalue weighted by Crippen LogP contribution is -2.35. The number of rotatable bonds is 2. The van der Waals surface area contributed by atoms with Gasteiger partial charge in [0.2, 0.25) is 14.9 Å². The van der Waals surface area contributed by atoms with E-state index in [1.807, 2.05) is 6.07 Å². The van der Waals surface area contributed by atoms with Gasteiger partial charge in [-0.1, -0.05) is 27.5 Å². The normalized spacial score (nSPS) is 14.7. The quantitative estimate of drug-likeness (QED) is 0.746. The van der Waals surface area contributed by atoms with Gasteiger partial charge in [0.1, 0.15) is 0 Å². The molecule has 0 aliphatic carbocycles. The van der Waals surface area contributed by atoms with Crippen LogP contribution in [0, 0.1) is 0 Å². The molecule has 5 nitrogen and oxygen atoms in total. The Morgan fingerprint density at radius 2 is 2.09 bits per heavy atom. The van der Waals surface area contributed by atoms with Crippen molar-refractivity contribution >= 4 is 49.0 Å². The van der Waals surface area contributed by atoms with Crippen LogP contribution in [0.5, 0.6) is 0 Å². The molecule has 1 amide bonds. The van der Waals surface area contributed by atoms with E-state index < -0.39 is 15.7 Å². The van der Waals surface area contributed by atoms with Crippen LogP contribution in [0.15, 0.2) is 38.2 Å². The summed E-state index contributed by atoms with van der Waals surface area (Å²) in [6.45, 7) is 0.502. The molecule has 0 atom stereocenters. The van der Waals surface area contributed by atoms with Gasteiger partial charge >= 0.3 is 0 Å². The van der Waals surface area contributed by atoms with Gasteiger partial charge in [-0.25, -0.2) is 8.42 Å². The highest BCUT2D eigenvalue weighted by molar-refractivity contribution is 9.10. The van der Waals surface area contributed by atoms with Crippen LogP contribution < -0.4 is 4.90 Å². The van der Waals surface area contributed by atoms with Gasteiger partial charge in [0.15, 0.2) is 5.76 Å². The number of fused-ring (bicyclic) bond motifs is 1. The number of carbonyl (C=O) groups excluding carboxylic acids is 1. The Labute approximate surface area is 147 Å². The first-order valence-electron chi connectivity index (χ1n) is 6.87. The van der Waals surface area contributed by atoms with Crippen molar-refractivity contribution in [2.24, 2.45) is 0 Å². The van der Waals surface area contributed by atoms with Gasteiger partial charge in [0.05, 0.1) is 10.7 Å². The zero-order valence-electron chi connectivity index (χ0n) is 12.2. The Hall–Kier alpha value is -1.31. The molecule has 0 fully saturated rings. The number of benzene rings is 1. The summed E-state index contributed by atoms with van der Waals surface area (Å²) >= 11 is 9.70. The smallest absolute Gasteiger partial charge is 0.294 e. The first kappa shape index (κ1) is 16.5. The number of hydrogen-bond acceptors (Lipinski definition) is 4. The average Bonchev–Trinajstić information content (AvgIpc) is 2.95. The number of nitrogens with zero attached hydrogens (tertiary/aromatic N) is 1. The minimum absolute atomic E-state index is 0.0164. The van der Waals surface area contributed by atoms with E-state index >= 15 is 0 Å². The maximum atomic E-state index is 12.7. The van der Waals surface area contributed by atoms with Crippen molar-refractivity contribution in [3.8, 4) is 0 Å². The number of carbonyl (C=O) groups is 1. The summed E-state index contributed by atoms with van der Waals surface area (Å²) in [7, 11) is -3.49. The van der Waals surface area contributed by atoms with Gasteiger partial charge in [-0.3, -0.25) is 4.79 Å². The van der Waals surface area contributed by atoms with Crippen LogP contribution in [-0.4, -0.2) is 27.1 Å². The summed E-state index contributed by atoms with van der Waals surface area (Å²) in [5, 5.41) is 0.248. The Morgan fingerprint density at radius 3 is 2.74 bits per heavy atom. The highest BCUT2D eigenvalue weighted by Gasteiger charge is 2.29. The van der Waals surface area contributed by atoms with Gasteiger partial charge in [0.25, 0.3) is 5.91 Å². The SMILES string of the molecule is CS(=O)(=O)c1ccc(C(=O)N2CCCc3cc(Br)cc(Cl)c32)o1. The lowest BCUT2D eigenvalue weighted by Gasteiger charge is -2.30. The third-order valence-electron chi connectivity index (χ3n) is 3.61. The minimum Gasteiger partial charge on any atom is -0.440 e. The molecule has 0 unspecified atom stereocenters. The average molecular weight is 419 g/mol. The zero-order chi connectivity index (χ0) is 16.8. The molecule has 1 aliphatic rings. The second-order valence-electron chi connectivity index (χ2n) is 5.35. The van der Waals surface area contributed by atoms with Crippen LogP contribution in [-0.2, 0) is 16.3 Å². The summed E-state index contributed by atoms with van der Waals surface area (Å²) in [4.78, 5) is 14.2. The molecule has 0 spiro atoms. The number of hydrogen-bond donors (Lipinski definition) is 0. The Kier molecular flexibility index (Phi) is 4.29. The number of furan rings is 1. The van der Waals surface area contributed by atoms with Crippen LogP contribution in [0.4, 0.5) is 5.69 Å². The molecule has 0 saturated heterocycles. The fraction of sp³-hybridized carbons (Fsp3) is 0.267. The number of anilines is 1. The molecule has 1 aliphatic heterocycles. The molecular formula is C15H13BrClNO4S. The molecule has 0 saturated carbocycles. The Bertz CT molecular complexity index is 891. The highest BCUT2D eigenvalue weighted by Crippen LogP contribution is 2.37. The molecule has 0 bridgehead atoms.